The van der Waals surface area contributed by atoms with E-state index in [1.807, 2.05) is 6.07 Å². The summed E-state index contributed by atoms with van der Waals surface area (Å²) in [6, 6.07) is 5.58. The highest BCUT2D eigenvalue weighted by Crippen LogP contribution is 2.17. The van der Waals surface area contributed by atoms with Crippen LogP contribution in [0.2, 0.25) is 0 Å². The molecule has 0 saturated heterocycles. The number of H-pyrrole nitrogens is 1. The molecule has 0 amide bonds. The third kappa shape index (κ3) is 2.13. The number of aromatic amines is 1. The molecule has 2 rings (SSSR count). The fraction of sp³-hybridized carbons (Fsp3) is 0.154. The Kier molecular flexibility index (Phi) is 2.94. The van der Waals surface area contributed by atoms with E-state index in [4.69, 9.17) is 5.26 Å². The van der Waals surface area contributed by atoms with Gasteiger partial charge in [-0.15, -0.1) is 0 Å². The van der Waals surface area contributed by atoms with Crippen LogP contribution in [0.3, 0.4) is 0 Å². The van der Waals surface area contributed by atoms with Crippen molar-refractivity contribution in [3.05, 3.63) is 51.3 Å². The van der Waals surface area contributed by atoms with Crippen molar-refractivity contribution < 1.29 is 4.39 Å². The highest BCUT2D eigenvalue weighted by atomic mass is 19.1. The van der Waals surface area contributed by atoms with Gasteiger partial charge in [-0.05, 0) is 32.0 Å². The van der Waals surface area contributed by atoms with Gasteiger partial charge in [0.2, 0.25) is 0 Å². The van der Waals surface area contributed by atoms with Crippen molar-refractivity contribution in [2.24, 2.45) is 0 Å². The molecule has 0 aliphatic carbocycles. The Labute approximate surface area is 103 Å². The first-order chi connectivity index (χ1) is 8.51. The van der Waals surface area contributed by atoms with Crippen LogP contribution in [0.4, 0.5) is 4.39 Å². The first-order valence-electron chi connectivity index (χ1n) is 5.30. The molecule has 0 fully saturated rings. The van der Waals surface area contributed by atoms with Gasteiger partial charge < -0.3 is 4.98 Å². The predicted octanol–water partition coefficient (Wildman–Crippen LogP) is 2.06. The van der Waals surface area contributed by atoms with E-state index < -0.39 is 11.4 Å². The summed E-state index contributed by atoms with van der Waals surface area (Å²) in [5, 5.41) is 8.78. The Morgan fingerprint density at radius 1 is 1.33 bits per heavy atom. The minimum atomic E-state index is -0.566. The van der Waals surface area contributed by atoms with E-state index in [9.17, 15) is 9.18 Å². The maximum atomic E-state index is 13.3. The maximum absolute atomic E-state index is 13.3. The van der Waals surface area contributed by atoms with Gasteiger partial charge in [-0.25, -0.2) is 9.37 Å². The molecular formula is C13H10FN3O. The van der Waals surface area contributed by atoms with Crippen molar-refractivity contribution in [3.8, 4) is 17.3 Å². The summed E-state index contributed by atoms with van der Waals surface area (Å²) in [5.41, 5.74) is 1.51. The lowest BCUT2D eigenvalue weighted by molar-refractivity contribution is 0.627. The summed E-state index contributed by atoms with van der Waals surface area (Å²) >= 11 is 0. The van der Waals surface area contributed by atoms with Crippen LogP contribution in [-0.4, -0.2) is 9.97 Å². The fourth-order valence-electron chi connectivity index (χ4n) is 1.61. The van der Waals surface area contributed by atoms with E-state index in [-0.39, 0.29) is 11.3 Å². The summed E-state index contributed by atoms with van der Waals surface area (Å²) in [5.74, 6) is -0.566. The van der Waals surface area contributed by atoms with Crippen LogP contribution < -0.4 is 5.56 Å². The van der Waals surface area contributed by atoms with Crippen molar-refractivity contribution >= 4 is 0 Å². The molecule has 0 radical (unpaired) electrons. The summed E-state index contributed by atoms with van der Waals surface area (Å²) < 4.78 is 13.3. The molecule has 5 heteroatoms. The number of aryl methyl sites for hydroxylation is 2. The smallest absolute Gasteiger partial charge is 0.274 e. The van der Waals surface area contributed by atoms with Crippen LogP contribution in [-0.2, 0) is 0 Å². The van der Waals surface area contributed by atoms with Gasteiger partial charge in [-0.3, -0.25) is 4.79 Å². The number of nitrogens with zero attached hydrogens (tertiary/aromatic N) is 2. The molecule has 90 valence electrons. The van der Waals surface area contributed by atoms with E-state index in [0.717, 1.165) is 6.07 Å². The maximum Gasteiger partial charge on any atom is 0.274 e. The molecule has 0 aliphatic heterocycles. The molecule has 0 aliphatic rings. The van der Waals surface area contributed by atoms with Crippen molar-refractivity contribution in [3.63, 3.8) is 0 Å². The van der Waals surface area contributed by atoms with Crippen molar-refractivity contribution in [1.29, 1.82) is 5.26 Å². The van der Waals surface area contributed by atoms with Gasteiger partial charge in [-0.2, -0.15) is 5.26 Å². The average molecular weight is 243 g/mol. The lowest BCUT2D eigenvalue weighted by atomic mass is 10.1. The first-order valence-corrected chi connectivity index (χ1v) is 5.30. The fourth-order valence-corrected chi connectivity index (χ4v) is 1.61. The molecule has 0 unspecified atom stereocenters. The topological polar surface area (TPSA) is 69.5 Å². The second-order valence-corrected chi connectivity index (χ2v) is 3.97. The van der Waals surface area contributed by atoms with Gasteiger partial charge in [0, 0.05) is 11.3 Å². The molecule has 0 atom stereocenters. The Morgan fingerprint density at radius 3 is 2.72 bits per heavy atom. The SMILES string of the molecule is Cc1nc(-c2cc(F)cc(C#N)c2)c(=O)[nH]c1C. The molecule has 0 spiro atoms. The van der Waals surface area contributed by atoms with E-state index in [1.165, 1.54) is 12.1 Å². The second kappa shape index (κ2) is 4.41. The van der Waals surface area contributed by atoms with Gasteiger partial charge in [-0.1, -0.05) is 0 Å². The van der Waals surface area contributed by atoms with Gasteiger partial charge in [0.05, 0.1) is 17.3 Å². The first kappa shape index (κ1) is 12.0. The zero-order valence-corrected chi connectivity index (χ0v) is 9.91. The lowest BCUT2D eigenvalue weighted by Gasteiger charge is -2.04. The molecule has 2 aromatic rings. The number of nitrogens with one attached hydrogen (secondary N) is 1. The summed E-state index contributed by atoms with van der Waals surface area (Å²) in [4.78, 5) is 18.6. The van der Waals surface area contributed by atoms with Crippen LogP contribution in [0.15, 0.2) is 23.0 Å². The Morgan fingerprint density at radius 2 is 2.06 bits per heavy atom. The molecule has 1 aromatic carbocycles. The molecule has 18 heavy (non-hydrogen) atoms. The average Bonchev–Trinajstić information content (AvgIpc) is 2.33. The summed E-state index contributed by atoms with van der Waals surface area (Å²) in [6.07, 6.45) is 0. The molecule has 0 saturated carbocycles. The zero-order valence-electron chi connectivity index (χ0n) is 9.91. The molecular weight excluding hydrogens is 233 g/mol. The van der Waals surface area contributed by atoms with Gasteiger partial charge in [0.15, 0.2) is 0 Å². The van der Waals surface area contributed by atoms with Crippen LogP contribution in [0.25, 0.3) is 11.3 Å². The number of halogens is 1. The second-order valence-electron chi connectivity index (χ2n) is 3.97. The van der Waals surface area contributed by atoms with E-state index in [1.54, 1.807) is 13.8 Å². The van der Waals surface area contributed by atoms with Crippen LogP contribution in [0.5, 0.6) is 0 Å². The minimum Gasteiger partial charge on any atom is -0.323 e. The normalized spacial score (nSPS) is 10.1. The highest BCUT2D eigenvalue weighted by molar-refractivity contribution is 5.61. The molecule has 1 aromatic heterocycles. The number of benzene rings is 1. The lowest BCUT2D eigenvalue weighted by Crippen LogP contribution is -2.14. The molecule has 1 N–H and O–H groups in total. The third-order valence-corrected chi connectivity index (χ3v) is 2.64. The quantitative estimate of drug-likeness (QED) is 0.833. The van der Waals surface area contributed by atoms with Crippen molar-refractivity contribution in [1.82, 2.24) is 9.97 Å². The minimum absolute atomic E-state index is 0.120. The Bertz CT molecular complexity index is 713. The van der Waals surface area contributed by atoms with Gasteiger partial charge in [0.25, 0.3) is 5.56 Å². The van der Waals surface area contributed by atoms with E-state index >= 15 is 0 Å². The van der Waals surface area contributed by atoms with E-state index in [2.05, 4.69) is 9.97 Å². The monoisotopic (exact) mass is 243 g/mol. The van der Waals surface area contributed by atoms with Crippen molar-refractivity contribution in [2.45, 2.75) is 13.8 Å². The standard InChI is InChI=1S/C13H10FN3O/c1-7-8(2)17-13(18)12(16-7)10-3-9(6-15)4-11(14)5-10/h3-5H,1-2H3,(H,17,18). The number of rotatable bonds is 1. The largest absolute Gasteiger partial charge is 0.323 e. The number of aromatic nitrogens is 2. The summed E-state index contributed by atoms with van der Waals surface area (Å²) in [6.45, 7) is 3.49. The zero-order chi connectivity index (χ0) is 13.3. The molecule has 4 nitrogen and oxygen atoms in total. The number of hydrogen-bond donors (Lipinski definition) is 1. The van der Waals surface area contributed by atoms with Gasteiger partial charge >= 0.3 is 0 Å². The van der Waals surface area contributed by atoms with Crippen LogP contribution >= 0.6 is 0 Å². The summed E-state index contributed by atoms with van der Waals surface area (Å²) in [7, 11) is 0. The number of hydrogen-bond acceptors (Lipinski definition) is 3. The molecule has 1 heterocycles. The van der Waals surface area contributed by atoms with Gasteiger partial charge in [0.1, 0.15) is 11.5 Å². The van der Waals surface area contributed by atoms with E-state index in [0.29, 0.717) is 17.0 Å². The van der Waals surface area contributed by atoms with Crippen molar-refractivity contribution in [2.75, 3.05) is 0 Å². The highest BCUT2D eigenvalue weighted by Gasteiger charge is 2.10. The van der Waals surface area contributed by atoms with Crippen LogP contribution in [0.1, 0.15) is 17.0 Å². The third-order valence-electron chi connectivity index (χ3n) is 2.64. The Balaban J connectivity index is 2.70. The van der Waals surface area contributed by atoms with Crippen LogP contribution in [0, 0.1) is 31.0 Å². The number of nitriles is 1. The molecule has 0 bridgehead atoms. The Hall–Kier alpha value is -2.48. The predicted molar refractivity (Wildman–Crippen MR) is 64.4 cm³/mol.